The van der Waals surface area contributed by atoms with Crippen molar-refractivity contribution in [3.8, 4) is 5.75 Å². The molecule has 192 valence electrons. The van der Waals surface area contributed by atoms with Crippen LogP contribution >= 0.6 is 12.6 Å². The van der Waals surface area contributed by atoms with E-state index in [2.05, 4.69) is 23.3 Å². The van der Waals surface area contributed by atoms with E-state index < -0.39 is 46.7 Å². The number of nitrogens with one attached hydrogen (secondary N) is 2. The van der Waals surface area contributed by atoms with Crippen LogP contribution in [0.4, 0.5) is 4.79 Å². The van der Waals surface area contributed by atoms with E-state index in [1.807, 2.05) is 41.5 Å². The van der Waals surface area contributed by atoms with Crippen molar-refractivity contribution >= 4 is 30.5 Å². The Morgan fingerprint density at radius 3 is 2.12 bits per heavy atom. The Hall–Kier alpha value is -2.42. The molecule has 0 saturated heterocycles. The van der Waals surface area contributed by atoms with E-state index >= 15 is 0 Å². The van der Waals surface area contributed by atoms with Crippen LogP contribution in [0.15, 0.2) is 24.3 Å². The predicted octanol–water partition coefficient (Wildman–Crippen LogP) is 4.19. The lowest BCUT2D eigenvalue weighted by molar-refractivity contribution is -0.149. The summed E-state index contributed by atoms with van der Waals surface area (Å²) in [6, 6.07) is 4.19. The van der Waals surface area contributed by atoms with Crippen molar-refractivity contribution in [3.63, 3.8) is 0 Å². The Bertz CT molecular complexity index is 874. The molecule has 1 aromatic carbocycles. The minimum atomic E-state index is -1.06. The number of hydrogen-bond donors (Lipinski definition) is 4. The van der Waals surface area contributed by atoms with Crippen molar-refractivity contribution < 1.29 is 24.2 Å². The molecule has 2 atom stereocenters. The maximum absolute atomic E-state index is 13.9. The van der Waals surface area contributed by atoms with E-state index in [1.54, 1.807) is 32.9 Å². The molecule has 9 heteroatoms. The molecular formula is C25H41N3O5S. The molecule has 0 radical (unpaired) electrons. The number of benzene rings is 1. The number of carbonyl (C=O) groups is 3. The Labute approximate surface area is 209 Å². The molecule has 0 fully saturated rings. The number of hydrogen-bond acceptors (Lipinski definition) is 6. The van der Waals surface area contributed by atoms with Crippen LogP contribution in [0.1, 0.15) is 80.3 Å². The van der Waals surface area contributed by atoms with Gasteiger partial charge in [0.25, 0.3) is 0 Å². The summed E-state index contributed by atoms with van der Waals surface area (Å²) in [5, 5.41) is 15.7. The average Bonchev–Trinajstić information content (AvgIpc) is 2.66. The second-order valence-electron chi connectivity index (χ2n) is 11.0. The topological polar surface area (TPSA) is 108 Å². The van der Waals surface area contributed by atoms with Gasteiger partial charge in [-0.15, -0.1) is 0 Å². The van der Waals surface area contributed by atoms with Crippen LogP contribution in [0, 0.1) is 0 Å². The van der Waals surface area contributed by atoms with Crippen LogP contribution in [-0.2, 0) is 14.3 Å². The third-order valence-corrected chi connectivity index (χ3v) is 5.48. The van der Waals surface area contributed by atoms with Crippen molar-refractivity contribution in [2.75, 3.05) is 5.75 Å². The van der Waals surface area contributed by atoms with Gasteiger partial charge in [-0.3, -0.25) is 9.59 Å². The summed E-state index contributed by atoms with van der Waals surface area (Å²) in [4.78, 5) is 41.4. The van der Waals surface area contributed by atoms with Crippen molar-refractivity contribution in [1.82, 2.24) is 15.5 Å². The first-order valence-electron chi connectivity index (χ1n) is 11.5. The van der Waals surface area contributed by atoms with Crippen LogP contribution in [0.2, 0.25) is 0 Å². The number of aromatic hydroxyl groups is 1. The number of carbonyl (C=O) groups excluding carboxylic acids is 3. The van der Waals surface area contributed by atoms with Gasteiger partial charge in [-0.1, -0.05) is 19.1 Å². The van der Waals surface area contributed by atoms with E-state index in [4.69, 9.17) is 4.74 Å². The summed E-state index contributed by atoms with van der Waals surface area (Å²) >= 11 is 4.29. The van der Waals surface area contributed by atoms with Gasteiger partial charge in [0.2, 0.25) is 11.8 Å². The highest BCUT2D eigenvalue weighted by Gasteiger charge is 2.43. The Kier molecular flexibility index (Phi) is 9.87. The summed E-state index contributed by atoms with van der Waals surface area (Å²) in [6.07, 6.45) is -0.218. The summed E-state index contributed by atoms with van der Waals surface area (Å²) < 4.78 is 5.32. The summed E-state index contributed by atoms with van der Waals surface area (Å²) in [7, 11) is 0. The molecule has 1 rings (SSSR count). The highest BCUT2D eigenvalue weighted by Crippen LogP contribution is 2.33. The molecule has 0 bridgehead atoms. The fourth-order valence-electron chi connectivity index (χ4n) is 3.30. The molecule has 0 heterocycles. The van der Waals surface area contributed by atoms with Gasteiger partial charge in [0.15, 0.2) is 0 Å². The van der Waals surface area contributed by atoms with Crippen molar-refractivity contribution in [1.29, 1.82) is 0 Å². The molecule has 0 aromatic heterocycles. The molecule has 0 saturated carbocycles. The van der Waals surface area contributed by atoms with E-state index in [9.17, 15) is 19.5 Å². The summed E-state index contributed by atoms with van der Waals surface area (Å²) in [5.74, 6) is -0.902. The third kappa shape index (κ3) is 8.74. The van der Waals surface area contributed by atoms with Gasteiger partial charge in [0, 0.05) is 16.8 Å². The maximum atomic E-state index is 13.9. The number of alkyl carbamates (subject to hydrolysis) is 1. The van der Waals surface area contributed by atoms with Gasteiger partial charge in [0.1, 0.15) is 23.4 Å². The van der Waals surface area contributed by atoms with Crippen molar-refractivity contribution in [2.45, 2.75) is 97.5 Å². The minimum Gasteiger partial charge on any atom is -0.508 e. The molecule has 1 aromatic rings. The number of thiol groups is 1. The van der Waals surface area contributed by atoms with Crippen LogP contribution in [0.5, 0.6) is 5.75 Å². The first-order chi connectivity index (χ1) is 15.4. The third-order valence-electron chi connectivity index (χ3n) is 5.12. The summed E-state index contributed by atoms with van der Waals surface area (Å²) in [5.41, 5.74) is -1.63. The van der Waals surface area contributed by atoms with Gasteiger partial charge >= 0.3 is 6.09 Å². The number of nitrogens with zero attached hydrogens (tertiary/aromatic N) is 1. The Morgan fingerprint density at radius 2 is 1.68 bits per heavy atom. The molecule has 0 aliphatic carbocycles. The first-order valence-corrected chi connectivity index (χ1v) is 12.1. The second-order valence-corrected chi connectivity index (χ2v) is 11.4. The van der Waals surface area contributed by atoms with Gasteiger partial charge in [-0.25, -0.2) is 4.79 Å². The monoisotopic (exact) mass is 495 g/mol. The first kappa shape index (κ1) is 29.6. The van der Waals surface area contributed by atoms with Crippen LogP contribution in [0.25, 0.3) is 0 Å². The molecule has 34 heavy (non-hydrogen) atoms. The van der Waals surface area contributed by atoms with Gasteiger partial charge < -0.3 is 25.4 Å². The zero-order chi connectivity index (χ0) is 26.5. The highest BCUT2D eigenvalue weighted by atomic mass is 32.1. The molecule has 8 nitrogen and oxygen atoms in total. The van der Waals surface area contributed by atoms with E-state index in [-0.39, 0.29) is 11.5 Å². The molecule has 3 N–H and O–H groups in total. The number of phenols is 1. The normalized spacial score (nSPS) is 14.1. The quantitative estimate of drug-likeness (QED) is 0.405. The average molecular weight is 496 g/mol. The lowest BCUT2D eigenvalue weighted by Gasteiger charge is -2.45. The van der Waals surface area contributed by atoms with Crippen molar-refractivity contribution in [2.24, 2.45) is 0 Å². The zero-order valence-corrected chi connectivity index (χ0v) is 22.7. The number of phenolic OH excluding ortho intramolecular Hbond substituents is 1. The largest absolute Gasteiger partial charge is 0.508 e. The van der Waals surface area contributed by atoms with Gasteiger partial charge in [0.05, 0.1) is 0 Å². The molecule has 0 aliphatic rings. The maximum Gasteiger partial charge on any atom is 0.408 e. The SMILES string of the molecule is CCC(C)(C)N(C(=O)C(CS)NC(=O)OC(C)(C)C)C(C(=O)NC(C)(C)C)c1cccc(O)c1. The van der Waals surface area contributed by atoms with E-state index in [1.165, 1.54) is 17.0 Å². The van der Waals surface area contributed by atoms with Crippen LogP contribution in [-0.4, -0.2) is 56.4 Å². The molecule has 2 unspecified atom stereocenters. The minimum absolute atomic E-state index is 0.00200. The van der Waals surface area contributed by atoms with Crippen LogP contribution in [0.3, 0.4) is 0 Å². The summed E-state index contributed by atoms with van der Waals surface area (Å²) in [6.45, 7) is 16.4. The number of rotatable bonds is 8. The smallest absolute Gasteiger partial charge is 0.408 e. The second kappa shape index (κ2) is 11.3. The van der Waals surface area contributed by atoms with Gasteiger partial charge in [-0.05, 0) is 79.5 Å². The Morgan fingerprint density at radius 1 is 1.09 bits per heavy atom. The Balaban J connectivity index is 3.58. The van der Waals surface area contributed by atoms with E-state index in [0.29, 0.717) is 12.0 Å². The number of ether oxygens (including phenoxy) is 1. The fourth-order valence-corrected chi connectivity index (χ4v) is 3.55. The standard InChI is InChI=1S/C25H41N3O5S/c1-10-25(8,9)28(21(31)18(15-34)26-22(32)33-24(5,6)7)19(20(30)27-23(2,3)4)16-12-11-13-17(29)14-16/h11-14,18-19,29,34H,10,15H2,1-9H3,(H,26,32)(H,27,30). The zero-order valence-electron chi connectivity index (χ0n) is 21.9. The highest BCUT2D eigenvalue weighted by molar-refractivity contribution is 7.80. The molecular weight excluding hydrogens is 454 g/mol. The van der Waals surface area contributed by atoms with E-state index in [0.717, 1.165) is 0 Å². The predicted molar refractivity (Wildman–Crippen MR) is 137 cm³/mol. The lowest BCUT2D eigenvalue weighted by atomic mass is 9.91. The number of amides is 3. The molecule has 0 spiro atoms. The molecule has 3 amide bonds. The van der Waals surface area contributed by atoms with Gasteiger partial charge in [-0.2, -0.15) is 12.6 Å². The van der Waals surface area contributed by atoms with Crippen LogP contribution < -0.4 is 10.6 Å². The fraction of sp³-hybridized carbons (Fsp3) is 0.640. The molecule has 0 aliphatic heterocycles. The van der Waals surface area contributed by atoms with Crippen molar-refractivity contribution in [3.05, 3.63) is 29.8 Å². The lowest BCUT2D eigenvalue weighted by Crippen LogP contribution is -2.60.